The van der Waals surface area contributed by atoms with Gasteiger partial charge < -0.3 is 9.47 Å². The summed E-state index contributed by atoms with van der Waals surface area (Å²) in [4.78, 5) is 24.0. The Morgan fingerprint density at radius 2 is 1.61 bits per heavy atom. The molecule has 0 bridgehead atoms. The Morgan fingerprint density at radius 1 is 1.00 bits per heavy atom. The summed E-state index contributed by atoms with van der Waals surface area (Å²) in [5.41, 5.74) is 0. The summed E-state index contributed by atoms with van der Waals surface area (Å²) in [7, 11) is 2.80. The molecule has 102 valence electrons. The van der Waals surface area contributed by atoms with Crippen molar-refractivity contribution in [3.63, 3.8) is 0 Å². The number of esters is 2. The van der Waals surface area contributed by atoms with Crippen LogP contribution in [0.5, 0.6) is 0 Å². The number of fused-ring (bicyclic) bond motifs is 1. The zero-order valence-corrected chi connectivity index (χ0v) is 11.3. The normalized spacial score (nSPS) is 38.9. The lowest BCUT2D eigenvalue weighted by Crippen LogP contribution is -2.45. The summed E-state index contributed by atoms with van der Waals surface area (Å²) in [6, 6.07) is 0. The van der Waals surface area contributed by atoms with E-state index < -0.39 is 0 Å². The Bertz CT molecular complexity index is 339. The molecule has 0 amide bonds. The van der Waals surface area contributed by atoms with Gasteiger partial charge in [-0.25, -0.2) is 0 Å². The Morgan fingerprint density at radius 3 is 2.22 bits per heavy atom. The van der Waals surface area contributed by atoms with Crippen molar-refractivity contribution in [3.8, 4) is 0 Å². The van der Waals surface area contributed by atoms with Crippen molar-refractivity contribution in [1.29, 1.82) is 0 Å². The van der Waals surface area contributed by atoms with Crippen LogP contribution in [0, 0.1) is 29.6 Å². The Hall–Kier alpha value is -1.06. The van der Waals surface area contributed by atoms with Crippen LogP contribution in [0.3, 0.4) is 0 Å². The molecule has 5 atom stereocenters. The van der Waals surface area contributed by atoms with Crippen molar-refractivity contribution < 1.29 is 19.1 Å². The van der Waals surface area contributed by atoms with Crippen molar-refractivity contribution in [2.24, 2.45) is 29.6 Å². The second-order valence-corrected chi connectivity index (χ2v) is 5.67. The van der Waals surface area contributed by atoms with Crippen LogP contribution >= 0.6 is 0 Å². The fraction of sp³-hybridized carbons (Fsp3) is 0.857. The topological polar surface area (TPSA) is 52.6 Å². The Labute approximate surface area is 108 Å². The van der Waals surface area contributed by atoms with Crippen LogP contribution in [-0.2, 0) is 19.1 Å². The van der Waals surface area contributed by atoms with Crippen molar-refractivity contribution in [1.82, 2.24) is 0 Å². The molecule has 2 aliphatic rings. The van der Waals surface area contributed by atoms with Crippen LogP contribution in [0.15, 0.2) is 0 Å². The highest BCUT2D eigenvalue weighted by atomic mass is 16.5. The monoisotopic (exact) mass is 254 g/mol. The average Bonchev–Trinajstić information content (AvgIpc) is 2.82. The van der Waals surface area contributed by atoms with Crippen LogP contribution in [-0.4, -0.2) is 26.2 Å². The summed E-state index contributed by atoms with van der Waals surface area (Å²) in [6.45, 7) is 2.05. The van der Waals surface area contributed by atoms with E-state index in [1.54, 1.807) is 0 Å². The van der Waals surface area contributed by atoms with Crippen molar-refractivity contribution in [3.05, 3.63) is 0 Å². The molecule has 4 nitrogen and oxygen atoms in total. The zero-order chi connectivity index (χ0) is 13.3. The quantitative estimate of drug-likeness (QED) is 0.707. The first-order valence-electron chi connectivity index (χ1n) is 6.75. The highest BCUT2D eigenvalue weighted by Gasteiger charge is 2.51. The fourth-order valence-corrected chi connectivity index (χ4v) is 4.05. The Kier molecular flexibility index (Phi) is 3.93. The summed E-state index contributed by atoms with van der Waals surface area (Å²) >= 11 is 0. The van der Waals surface area contributed by atoms with E-state index in [4.69, 9.17) is 9.47 Å². The van der Waals surface area contributed by atoms with Gasteiger partial charge in [-0.1, -0.05) is 19.8 Å². The standard InChI is InChI=1S/C14H22O4/c1-8-7-9-5-4-6-10(9)12(14(16)18-3)11(8)13(15)17-2/h8-12H,4-7H2,1-3H3/t8-,9+,10+,11-,12+/m1/s1. The SMILES string of the molecule is COC(=O)[C@H]1[C@H]2CCC[C@H]2C[C@@H](C)[C@H]1C(=O)OC. The molecule has 2 rings (SSSR count). The first-order valence-corrected chi connectivity index (χ1v) is 6.75. The molecule has 0 heterocycles. The molecular formula is C14H22O4. The van der Waals surface area contributed by atoms with Crippen LogP contribution in [0.1, 0.15) is 32.6 Å². The first-order chi connectivity index (χ1) is 8.60. The van der Waals surface area contributed by atoms with Crippen molar-refractivity contribution in [2.45, 2.75) is 32.6 Å². The van der Waals surface area contributed by atoms with E-state index in [-0.39, 0.29) is 29.7 Å². The van der Waals surface area contributed by atoms with E-state index in [2.05, 4.69) is 0 Å². The summed E-state index contributed by atoms with van der Waals surface area (Å²) in [5, 5.41) is 0. The zero-order valence-electron chi connectivity index (χ0n) is 11.3. The highest BCUT2D eigenvalue weighted by molar-refractivity contribution is 5.82. The molecular weight excluding hydrogens is 232 g/mol. The second kappa shape index (κ2) is 5.29. The van der Waals surface area contributed by atoms with Gasteiger partial charge in [-0.15, -0.1) is 0 Å². The third-order valence-electron chi connectivity index (χ3n) is 4.80. The van der Waals surface area contributed by atoms with Gasteiger partial charge in [-0.3, -0.25) is 9.59 Å². The van der Waals surface area contributed by atoms with E-state index in [9.17, 15) is 9.59 Å². The smallest absolute Gasteiger partial charge is 0.309 e. The predicted molar refractivity (Wildman–Crippen MR) is 65.6 cm³/mol. The van der Waals surface area contributed by atoms with Crippen molar-refractivity contribution >= 4 is 11.9 Å². The third kappa shape index (κ3) is 2.13. The fourth-order valence-electron chi connectivity index (χ4n) is 4.05. The van der Waals surface area contributed by atoms with Gasteiger partial charge in [0, 0.05) is 0 Å². The number of hydrogen-bond acceptors (Lipinski definition) is 4. The van der Waals surface area contributed by atoms with Crippen LogP contribution in [0.2, 0.25) is 0 Å². The molecule has 0 aromatic rings. The molecule has 2 aliphatic carbocycles. The van der Waals surface area contributed by atoms with Gasteiger partial charge >= 0.3 is 11.9 Å². The second-order valence-electron chi connectivity index (χ2n) is 5.67. The van der Waals surface area contributed by atoms with Crippen molar-refractivity contribution in [2.75, 3.05) is 14.2 Å². The molecule has 18 heavy (non-hydrogen) atoms. The van der Waals surface area contributed by atoms with Gasteiger partial charge in [0.15, 0.2) is 0 Å². The van der Waals surface area contributed by atoms with Gasteiger partial charge in [0.1, 0.15) is 0 Å². The largest absolute Gasteiger partial charge is 0.469 e. The predicted octanol–water partition coefficient (Wildman–Crippen LogP) is 2.02. The molecule has 2 fully saturated rings. The van der Waals surface area contributed by atoms with E-state index in [1.165, 1.54) is 20.6 Å². The third-order valence-corrected chi connectivity index (χ3v) is 4.80. The minimum atomic E-state index is -0.332. The lowest BCUT2D eigenvalue weighted by atomic mass is 9.63. The molecule has 0 aromatic carbocycles. The maximum atomic E-state index is 12.1. The molecule has 0 unspecified atom stereocenters. The summed E-state index contributed by atoms with van der Waals surface area (Å²) < 4.78 is 9.81. The lowest BCUT2D eigenvalue weighted by molar-refractivity contribution is -0.166. The molecule has 0 saturated heterocycles. The van der Waals surface area contributed by atoms with E-state index in [1.807, 2.05) is 6.92 Å². The Balaban J connectivity index is 2.29. The minimum absolute atomic E-state index is 0.195. The number of rotatable bonds is 2. The first kappa shape index (κ1) is 13.4. The number of carbonyl (C=O) groups is 2. The van der Waals surface area contributed by atoms with E-state index in [0.717, 1.165) is 19.3 Å². The highest BCUT2D eigenvalue weighted by Crippen LogP contribution is 2.50. The molecule has 0 spiro atoms. The summed E-state index contributed by atoms with van der Waals surface area (Å²) in [5.74, 6) is -0.0683. The molecule has 0 aliphatic heterocycles. The van der Waals surface area contributed by atoms with Gasteiger partial charge in [-0.05, 0) is 30.6 Å². The molecule has 4 heteroatoms. The number of carbonyl (C=O) groups excluding carboxylic acids is 2. The lowest BCUT2D eigenvalue weighted by Gasteiger charge is -2.40. The molecule has 2 saturated carbocycles. The van der Waals surface area contributed by atoms with Crippen LogP contribution in [0.25, 0.3) is 0 Å². The number of methoxy groups -OCH3 is 2. The maximum absolute atomic E-state index is 12.1. The van der Waals surface area contributed by atoms with Crippen LogP contribution < -0.4 is 0 Å². The minimum Gasteiger partial charge on any atom is -0.469 e. The summed E-state index contributed by atoms with van der Waals surface area (Å²) in [6.07, 6.45) is 4.39. The average molecular weight is 254 g/mol. The molecule has 0 aromatic heterocycles. The van der Waals surface area contributed by atoms with E-state index in [0.29, 0.717) is 11.8 Å². The van der Waals surface area contributed by atoms with Gasteiger partial charge in [0.2, 0.25) is 0 Å². The van der Waals surface area contributed by atoms with E-state index >= 15 is 0 Å². The maximum Gasteiger partial charge on any atom is 0.309 e. The molecule has 0 radical (unpaired) electrons. The van der Waals surface area contributed by atoms with Gasteiger partial charge in [0.05, 0.1) is 26.1 Å². The number of ether oxygens (including phenoxy) is 2. The number of hydrogen-bond donors (Lipinski definition) is 0. The van der Waals surface area contributed by atoms with Gasteiger partial charge in [0.25, 0.3) is 0 Å². The van der Waals surface area contributed by atoms with Crippen LogP contribution in [0.4, 0.5) is 0 Å². The van der Waals surface area contributed by atoms with Gasteiger partial charge in [-0.2, -0.15) is 0 Å². The molecule has 0 N–H and O–H groups in total.